The lowest BCUT2D eigenvalue weighted by Crippen LogP contribution is -2.45. The molecule has 0 bridgehead atoms. The van der Waals surface area contributed by atoms with Crippen molar-refractivity contribution in [3.05, 3.63) is 24.3 Å². The molecule has 2 fully saturated rings. The van der Waals surface area contributed by atoms with Crippen LogP contribution in [0.5, 0.6) is 0 Å². The van der Waals surface area contributed by atoms with Crippen LogP contribution in [0.2, 0.25) is 0 Å². The predicted molar refractivity (Wildman–Crippen MR) is 113 cm³/mol. The molecule has 1 atom stereocenters. The summed E-state index contributed by atoms with van der Waals surface area (Å²) >= 11 is 0. The third-order valence-electron chi connectivity index (χ3n) is 5.39. The molecule has 1 unspecified atom stereocenters. The fraction of sp³-hybridized carbons (Fsp3) is 0.550. The molecule has 1 aromatic carbocycles. The van der Waals surface area contributed by atoms with Gasteiger partial charge >= 0.3 is 5.97 Å². The van der Waals surface area contributed by atoms with Crippen LogP contribution >= 0.6 is 0 Å². The summed E-state index contributed by atoms with van der Waals surface area (Å²) in [6.07, 6.45) is 1.45. The van der Waals surface area contributed by atoms with Gasteiger partial charge in [-0.15, -0.1) is 0 Å². The minimum Gasteiger partial charge on any atom is -0.483 e. The number of nitrogens with zero attached hydrogens (tertiary/aromatic N) is 2. The zero-order chi connectivity index (χ0) is 23.2. The molecule has 2 saturated heterocycles. The van der Waals surface area contributed by atoms with Gasteiger partial charge in [0.2, 0.25) is 15.9 Å². The molecule has 172 valence electrons. The fourth-order valence-electron chi connectivity index (χ4n) is 3.97. The molecule has 0 saturated carbocycles. The second-order valence-corrected chi connectivity index (χ2v) is 9.93. The molecular weight excluding hydrogens is 426 g/mol. The van der Waals surface area contributed by atoms with Crippen molar-refractivity contribution >= 4 is 34.1 Å². The van der Waals surface area contributed by atoms with Gasteiger partial charge in [-0.1, -0.05) is 0 Å². The third-order valence-corrected chi connectivity index (χ3v) is 7.30. The highest BCUT2D eigenvalue weighted by Gasteiger charge is 2.51. The number of amides is 1. The number of ether oxygens (including phenoxy) is 1. The number of sulfonamides is 1. The molecule has 11 heteroatoms. The Balaban J connectivity index is 0.00000107. The summed E-state index contributed by atoms with van der Waals surface area (Å²) in [5, 5.41) is 9.50. The van der Waals surface area contributed by atoms with E-state index in [0.29, 0.717) is 44.6 Å². The van der Waals surface area contributed by atoms with Crippen LogP contribution in [0, 0.1) is 5.41 Å². The molecule has 10 nitrogen and oxygen atoms in total. The average Bonchev–Trinajstić information content (AvgIpc) is 2.96. The molecule has 2 heterocycles. The van der Waals surface area contributed by atoms with E-state index in [1.165, 1.54) is 23.4 Å². The van der Waals surface area contributed by atoms with Crippen molar-refractivity contribution in [3.8, 4) is 0 Å². The molecule has 0 aliphatic carbocycles. The van der Waals surface area contributed by atoms with Crippen LogP contribution in [0.4, 0.5) is 5.69 Å². The van der Waals surface area contributed by atoms with Gasteiger partial charge in [-0.25, -0.2) is 8.42 Å². The number of rotatable bonds is 5. The zero-order valence-electron chi connectivity index (χ0n) is 17.9. The lowest BCUT2D eigenvalue weighted by atomic mass is 9.76. The zero-order valence-corrected chi connectivity index (χ0v) is 18.7. The van der Waals surface area contributed by atoms with Crippen LogP contribution < -0.4 is 5.32 Å². The number of anilines is 1. The summed E-state index contributed by atoms with van der Waals surface area (Å²) < 4.78 is 32.8. The smallest absolute Gasteiger partial charge is 0.312 e. The Kier molecular flexibility index (Phi) is 8.15. The number of carboxylic acid groups (broad SMARTS) is 1. The Morgan fingerprint density at radius 3 is 2.32 bits per heavy atom. The van der Waals surface area contributed by atoms with Crippen LogP contribution in [0.15, 0.2) is 29.2 Å². The molecule has 2 aliphatic heterocycles. The number of carbonyl (C=O) groups is 3. The van der Waals surface area contributed by atoms with E-state index < -0.39 is 15.4 Å². The second kappa shape index (κ2) is 10.2. The molecule has 1 aromatic rings. The van der Waals surface area contributed by atoms with E-state index in [-0.39, 0.29) is 29.3 Å². The number of cyclic esters (lactones) is 1. The monoisotopic (exact) mass is 455 g/mol. The van der Waals surface area contributed by atoms with Gasteiger partial charge in [-0.2, -0.15) is 4.31 Å². The van der Waals surface area contributed by atoms with Crippen molar-refractivity contribution in [2.24, 2.45) is 5.41 Å². The summed E-state index contributed by atoms with van der Waals surface area (Å²) in [5.41, 5.74) is -0.0215. The van der Waals surface area contributed by atoms with Gasteiger partial charge in [-0.05, 0) is 51.2 Å². The maximum absolute atomic E-state index is 12.9. The van der Waals surface area contributed by atoms with Gasteiger partial charge < -0.3 is 20.1 Å². The first-order valence-corrected chi connectivity index (χ1v) is 11.3. The highest BCUT2D eigenvalue weighted by atomic mass is 32.2. The standard InChI is InChI=1S/C19H27N3O5S.CH2O2/c1-14(23)20-15-4-6-17(7-5-15)28(25,26)22-10-8-19(9-11-22)12-16(13-21(2)3)27-18(19)24;2-1-3/h4-7,16H,8-13H2,1-3H3,(H,20,23);1H,(H,2,3). The first-order chi connectivity index (χ1) is 14.5. The van der Waals surface area contributed by atoms with E-state index in [1.54, 1.807) is 12.1 Å². The molecule has 31 heavy (non-hydrogen) atoms. The van der Waals surface area contributed by atoms with Crippen LogP contribution in [-0.4, -0.2) is 80.9 Å². The molecule has 1 spiro atoms. The first kappa shape index (κ1) is 24.8. The second-order valence-electron chi connectivity index (χ2n) is 7.99. The molecule has 2 aliphatic rings. The summed E-state index contributed by atoms with van der Waals surface area (Å²) in [6, 6.07) is 6.11. The van der Waals surface area contributed by atoms with E-state index >= 15 is 0 Å². The SMILES string of the molecule is CC(=O)Nc1ccc(S(=O)(=O)N2CCC3(CC2)CC(CN(C)C)OC3=O)cc1.O=CO. The van der Waals surface area contributed by atoms with Crippen molar-refractivity contribution in [2.75, 3.05) is 39.0 Å². The maximum atomic E-state index is 12.9. The lowest BCUT2D eigenvalue weighted by Gasteiger charge is -2.35. The molecular formula is C20H29N3O7S. The minimum absolute atomic E-state index is 0.132. The molecule has 0 aromatic heterocycles. The van der Waals surface area contributed by atoms with E-state index in [1.807, 2.05) is 19.0 Å². The molecule has 1 amide bonds. The maximum Gasteiger partial charge on any atom is 0.312 e. The van der Waals surface area contributed by atoms with Gasteiger partial charge in [-0.3, -0.25) is 14.4 Å². The largest absolute Gasteiger partial charge is 0.483 e. The number of carbonyl (C=O) groups excluding carboxylic acids is 2. The quantitative estimate of drug-likeness (QED) is 0.496. The summed E-state index contributed by atoms with van der Waals surface area (Å²) in [5.74, 6) is -0.413. The summed E-state index contributed by atoms with van der Waals surface area (Å²) in [6.45, 7) is 2.40. The van der Waals surface area contributed by atoms with Gasteiger partial charge in [0.25, 0.3) is 6.47 Å². The number of likely N-dealkylation sites (N-methyl/N-ethyl adjacent to an activating group) is 1. The van der Waals surface area contributed by atoms with Crippen LogP contribution in [0.1, 0.15) is 26.2 Å². The average molecular weight is 456 g/mol. The summed E-state index contributed by atoms with van der Waals surface area (Å²) in [7, 11) is 0.228. The molecule has 0 radical (unpaired) electrons. The Morgan fingerprint density at radius 1 is 1.29 bits per heavy atom. The van der Waals surface area contributed by atoms with Crippen LogP contribution in [0.25, 0.3) is 0 Å². The molecule has 3 rings (SSSR count). The van der Waals surface area contributed by atoms with Gasteiger partial charge in [0.1, 0.15) is 6.10 Å². The van der Waals surface area contributed by atoms with Gasteiger partial charge in [0.05, 0.1) is 10.3 Å². The Hall–Kier alpha value is -2.50. The van der Waals surface area contributed by atoms with E-state index in [0.717, 1.165) is 0 Å². The summed E-state index contributed by atoms with van der Waals surface area (Å²) in [4.78, 5) is 34.1. The Morgan fingerprint density at radius 2 is 1.84 bits per heavy atom. The number of nitrogens with one attached hydrogen (secondary N) is 1. The number of hydrogen-bond donors (Lipinski definition) is 2. The fourth-order valence-corrected chi connectivity index (χ4v) is 5.41. The normalized spacial score (nSPS) is 20.6. The third kappa shape index (κ3) is 6.02. The van der Waals surface area contributed by atoms with E-state index in [9.17, 15) is 18.0 Å². The van der Waals surface area contributed by atoms with Crippen molar-refractivity contribution in [2.45, 2.75) is 37.2 Å². The number of benzene rings is 1. The van der Waals surface area contributed by atoms with Crippen molar-refractivity contribution in [1.82, 2.24) is 9.21 Å². The van der Waals surface area contributed by atoms with E-state index in [4.69, 9.17) is 14.6 Å². The number of hydrogen-bond acceptors (Lipinski definition) is 7. The van der Waals surface area contributed by atoms with Crippen molar-refractivity contribution in [3.63, 3.8) is 0 Å². The molecule has 2 N–H and O–H groups in total. The highest BCUT2D eigenvalue weighted by Crippen LogP contribution is 2.44. The van der Waals surface area contributed by atoms with Gasteiger partial charge in [0, 0.05) is 38.7 Å². The minimum atomic E-state index is -3.64. The van der Waals surface area contributed by atoms with Crippen molar-refractivity contribution in [1.29, 1.82) is 0 Å². The lowest BCUT2D eigenvalue weighted by molar-refractivity contribution is -0.150. The van der Waals surface area contributed by atoms with Gasteiger partial charge in [0.15, 0.2) is 0 Å². The van der Waals surface area contributed by atoms with Crippen LogP contribution in [0.3, 0.4) is 0 Å². The van der Waals surface area contributed by atoms with Crippen LogP contribution in [-0.2, 0) is 29.1 Å². The Labute approximate surface area is 182 Å². The highest BCUT2D eigenvalue weighted by molar-refractivity contribution is 7.89. The van der Waals surface area contributed by atoms with Crippen molar-refractivity contribution < 1.29 is 32.6 Å². The Bertz CT molecular complexity index is 892. The number of piperidine rings is 1. The predicted octanol–water partition coefficient (Wildman–Crippen LogP) is 0.994. The topological polar surface area (TPSA) is 133 Å². The number of esters is 1. The first-order valence-electron chi connectivity index (χ1n) is 9.85. The van der Waals surface area contributed by atoms with E-state index in [2.05, 4.69) is 5.32 Å².